The fourth-order valence-corrected chi connectivity index (χ4v) is 2.14. The van der Waals surface area contributed by atoms with E-state index in [9.17, 15) is 0 Å². The van der Waals surface area contributed by atoms with Crippen molar-refractivity contribution in [3.8, 4) is 5.69 Å². The minimum atomic E-state index is 0.653. The fraction of sp³-hybridized carbons (Fsp3) is 0.400. The maximum absolute atomic E-state index is 6.04. The van der Waals surface area contributed by atoms with Crippen molar-refractivity contribution in [2.24, 2.45) is 5.73 Å². The second kappa shape index (κ2) is 6.38. The molecular formula is C15H22N4. The van der Waals surface area contributed by atoms with Crippen LogP contribution >= 0.6 is 0 Å². The van der Waals surface area contributed by atoms with Crippen molar-refractivity contribution >= 4 is 5.82 Å². The predicted molar refractivity (Wildman–Crippen MR) is 79.3 cm³/mol. The van der Waals surface area contributed by atoms with Gasteiger partial charge in [-0.3, -0.25) is 0 Å². The Morgan fingerprint density at radius 3 is 2.79 bits per heavy atom. The summed E-state index contributed by atoms with van der Waals surface area (Å²) in [5.41, 5.74) is 14.9. The first-order valence-electron chi connectivity index (χ1n) is 6.88. The number of nitrogens with zero attached hydrogens (tertiary/aromatic N) is 2. The first kappa shape index (κ1) is 13.6. The van der Waals surface area contributed by atoms with Crippen molar-refractivity contribution in [2.45, 2.75) is 32.6 Å². The quantitative estimate of drug-likeness (QED) is 0.835. The zero-order chi connectivity index (χ0) is 13.7. The van der Waals surface area contributed by atoms with Gasteiger partial charge in [0.25, 0.3) is 0 Å². The van der Waals surface area contributed by atoms with E-state index in [1.165, 1.54) is 12.0 Å². The van der Waals surface area contributed by atoms with Gasteiger partial charge in [0, 0.05) is 6.07 Å². The Balaban J connectivity index is 2.25. The number of benzene rings is 1. The SMILES string of the molecule is CCCCc1cc(N)n(-c2cccc(CCN)c2)n1. The summed E-state index contributed by atoms with van der Waals surface area (Å²) in [4.78, 5) is 0. The summed E-state index contributed by atoms with van der Waals surface area (Å²) in [6.45, 7) is 2.83. The Labute approximate surface area is 114 Å². The first-order valence-corrected chi connectivity index (χ1v) is 6.88. The van der Waals surface area contributed by atoms with Gasteiger partial charge >= 0.3 is 0 Å². The van der Waals surface area contributed by atoms with E-state index < -0.39 is 0 Å². The zero-order valence-electron chi connectivity index (χ0n) is 11.5. The monoisotopic (exact) mass is 258 g/mol. The molecule has 2 rings (SSSR count). The molecule has 0 spiro atoms. The minimum Gasteiger partial charge on any atom is -0.384 e. The van der Waals surface area contributed by atoms with Crippen LogP contribution in [0.4, 0.5) is 5.82 Å². The number of nitrogens with two attached hydrogens (primary N) is 2. The molecule has 4 nitrogen and oxygen atoms in total. The lowest BCUT2D eigenvalue weighted by Gasteiger charge is -2.06. The maximum Gasteiger partial charge on any atom is 0.127 e. The Hall–Kier alpha value is -1.81. The van der Waals surface area contributed by atoms with Crippen LogP contribution in [-0.2, 0) is 12.8 Å². The van der Waals surface area contributed by atoms with E-state index in [0.29, 0.717) is 12.4 Å². The molecule has 19 heavy (non-hydrogen) atoms. The van der Waals surface area contributed by atoms with Gasteiger partial charge in [0.1, 0.15) is 5.82 Å². The Morgan fingerprint density at radius 2 is 2.05 bits per heavy atom. The number of aromatic nitrogens is 2. The molecule has 0 unspecified atom stereocenters. The van der Waals surface area contributed by atoms with E-state index in [1.54, 1.807) is 0 Å². The van der Waals surface area contributed by atoms with E-state index in [1.807, 2.05) is 22.9 Å². The number of unbranched alkanes of at least 4 members (excludes halogenated alkanes) is 1. The summed E-state index contributed by atoms with van der Waals surface area (Å²) >= 11 is 0. The highest BCUT2D eigenvalue weighted by molar-refractivity contribution is 5.44. The van der Waals surface area contributed by atoms with Crippen LogP contribution in [0.3, 0.4) is 0 Å². The maximum atomic E-state index is 6.04. The van der Waals surface area contributed by atoms with Crippen LogP contribution in [0.5, 0.6) is 0 Å². The third-order valence-corrected chi connectivity index (χ3v) is 3.16. The summed E-state index contributed by atoms with van der Waals surface area (Å²) in [5.74, 6) is 0.691. The van der Waals surface area contributed by atoms with Crippen LogP contribution in [0.25, 0.3) is 5.69 Å². The average Bonchev–Trinajstić information content (AvgIpc) is 2.78. The van der Waals surface area contributed by atoms with Crippen LogP contribution in [0, 0.1) is 0 Å². The third-order valence-electron chi connectivity index (χ3n) is 3.16. The second-order valence-electron chi connectivity index (χ2n) is 4.78. The minimum absolute atomic E-state index is 0.653. The number of hydrogen-bond donors (Lipinski definition) is 2. The number of hydrogen-bond acceptors (Lipinski definition) is 3. The van der Waals surface area contributed by atoms with Crippen molar-refractivity contribution in [3.05, 3.63) is 41.6 Å². The van der Waals surface area contributed by atoms with Gasteiger partial charge in [-0.15, -0.1) is 0 Å². The molecular weight excluding hydrogens is 236 g/mol. The lowest BCUT2D eigenvalue weighted by molar-refractivity contribution is 0.753. The summed E-state index contributed by atoms with van der Waals surface area (Å²) in [6.07, 6.45) is 4.16. The van der Waals surface area contributed by atoms with Crippen molar-refractivity contribution in [1.82, 2.24) is 9.78 Å². The molecule has 0 amide bonds. The standard InChI is InChI=1S/C15H22N4/c1-2-3-6-13-11-15(17)19(18-13)14-7-4-5-12(10-14)8-9-16/h4-5,7,10-11H,2-3,6,8-9,16-17H2,1H3. The molecule has 0 aliphatic rings. The van der Waals surface area contributed by atoms with E-state index in [2.05, 4.69) is 24.2 Å². The van der Waals surface area contributed by atoms with E-state index >= 15 is 0 Å². The van der Waals surface area contributed by atoms with Crippen molar-refractivity contribution in [1.29, 1.82) is 0 Å². The molecule has 2 aromatic rings. The average molecular weight is 258 g/mol. The van der Waals surface area contributed by atoms with Gasteiger partial charge in [-0.05, 0) is 43.5 Å². The van der Waals surface area contributed by atoms with E-state index in [4.69, 9.17) is 11.5 Å². The number of anilines is 1. The molecule has 4 N–H and O–H groups in total. The van der Waals surface area contributed by atoms with Gasteiger partial charge in [-0.2, -0.15) is 5.10 Å². The van der Waals surface area contributed by atoms with Crippen LogP contribution in [0.2, 0.25) is 0 Å². The van der Waals surface area contributed by atoms with Gasteiger partial charge < -0.3 is 11.5 Å². The van der Waals surface area contributed by atoms with Gasteiger partial charge in [-0.1, -0.05) is 25.5 Å². The molecule has 1 aromatic heterocycles. The molecule has 0 atom stereocenters. The Morgan fingerprint density at radius 1 is 1.21 bits per heavy atom. The highest BCUT2D eigenvalue weighted by Crippen LogP contribution is 2.17. The fourth-order valence-electron chi connectivity index (χ4n) is 2.14. The van der Waals surface area contributed by atoms with Crippen LogP contribution < -0.4 is 11.5 Å². The molecule has 0 aliphatic heterocycles. The molecule has 0 fully saturated rings. The van der Waals surface area contributed by atoms with Gasteiger partial charge in [0.15, 0.2) is 0 Å². The van der Waals surface area contributed by atoms with E-state index in [0.717, 1.165) is 30.6 Å². The van der Waals surface area contributed by atoms with Crippen LogP contribution in [-0.4, -0.2) is 16.3 Å². The Kier molecular flexibility index (Phi) is 4.58. The molecule has 4 heteroatoms. The lowest BCUT2D eigenvalue weighted by atomic mass is 10.1. The Bertz CT molecular complexity index is 531. The third kappa shape index (κ3) is 3.35. The summed E-state index contributed by atoms with van der Waals surface area (Å²) in [6, 6.07) is 10.2. The van der Waals surface area contributed by atoms with Crippen LogP contribution in [0.15, 0.2) is 30.3 Å². The normalized spacial score (nSPS) is 10.8. The highest BCUT2D eigenvalue weighted by Gasteiger charge is 2.07. The number of aryl methyl sites for hydroxylation is 1. The summed E-state index contributed by atoms with van der Waals surface area (Å²) in [5, 5.41) is 4.58. The van der Waals surface area contributed by atoms with Gasteiger partial charge in [0.05, 0.1) is 11.4 Å². The topological polar surface area (TPSA) is 69.9 Å². The number of nitrogen functional groups attached to an aromatic ring is 1. The van der Waals surface area contributed by atoms with Crippen molar-refractivity contribution < 1.29 is 0 Å². The molecule has 0 saturated heterocycles. The zero-order valence-corrected chi connectivity index (χ0v) is 11.5. The molecule has 0 radical (unpaired) electrons. The molecule has 0 aliphatic carbocycles. The predicted octanol–water partition coefficient (Wildman–Crippen LogP) is 2.30. The first-order chi connectivity index (χ1) is 9.24. The van der Waals surface area contributed by atoms with Crippen LogP contribution in [0.1, 0.15) is 31.0 Å². The molecule has 0 bridgehead atoms. The van der Waals surface area contributed by atoms with Gasteiger partial charge in [0.2, 0.25) is 0 Å². The summed E-state index contributed by atoms with van der Waals surface area (Å²) < 4.78 is 1.81. The molecule has 1 heterocycles. The molecule has 0 saturated carbocycles. The molecule has 1 aromatic carbocycles. The van der Waals surface area contributed by atoms with Gasteiger partial charge in [-0.25, -0.2) is 4.68 Å². The molecule has 102 valence electrons. The van der Waals surface area contributed by atoms with E-state index in [-0.39, 0.29) is 0 Å². The van der Waals surface area contributed by atoms with Crippen molar-refractivity contribution in [2.75, 3.05) is 12.3 Å². The second-order valence-corrected chi connectivity index (χ2v) is 4.78. The largest absolute Gasteiger partial charge is 0.384 e. The lowest BCUT2D eigenvalue weighted by Crippen LogP contribution is -2.05. The smallest absolute Gasteiger partial charge is 0.127 e. The number of rotatable bonds is 6. The highest BCUT2D eigenvalue weighted by atomic mass is 15.3. The summed E-state index contributed by atoms with van der Waals surface area (Å²) in [7, 11) is 0. The van der Waals surface area contributed by atoms with Crippen molar-refractivity contribution in [3.63, 3.8) is 0 Å².